The fourth-order valence-corrected chi connectivity index (χ4v) is 3.67. The molecule has 0 fully saturated rings. The van der Waals surface area contributed by atoms with Crippen LogP contribution in [0.5, 0.6) is 0 Å². The Balaban J connectivity index is 1.68. The summed E-state index contributed by atoms with van der Waals surface area (Å²) < 4.78 is 1.16. The highest BCUT2D eigenvalue weighted by Crippen LogP contribution is 2.30. The Morgan fingerprint density at radius 1 is 1.19 bits per heavy atom. The summed E-state index contributed by atoms with van der Waals surface area (Å²) in [6.45, 7) is 4.21. The number of carbonyl (C=O) groups excluding carboxylic acids is 1. The average Bonchev–Trinajstić information content (AvgIpc) is 3.04. The monoisotopic (exact) mass is 317 g/mol. The van der Waals surface area contributed by atoms with E-state index < -0.39 is 0 Å². The predicted molar refractivity (Wildman–Crippen MR) is 90.7 cm³/mol. The van der Waals surface area contributed by atoms with Gasteiger partial charge in [-0.2, -0.15) is 0 Å². The summed E-state index contributed by atoms with van der Waals surface area (Å²) in [6.07, 6.45) is 1.81. The summed E-state index contributed by atoms with van der Waals surface area (Å²) in [4.78, 5) is 17.4. The van der Waals surface area contributed by atoms with Crippen molar-refractivity contribution in [1.29, 1.82) is 0 Å². The molecule has 0 saturated carbocycles. The van der Waals surface area contributed by atoms with Gasteiger partial charge in [-0.3, -0.25) is 10.6 Å². The molecule has 0 unspecified atom stereocenters. The highest BCUT2D eigenvalue weighted by atomic mass is 32.1. The van der Waals surface area contributed by atoms with Crippen molar-refractivity contribution in [2.24, 2.45) is 0 Å². The maximum atomic E-state index is 12.0. The van der Waals surface area contributed by atoms with Crippen molar-refractivity contribution in [3.05, 3.63) is 41.4 Å². The fraction of sp³-hybridized carbons (Fsp3) is 0.200. The number of fused-ring (bicyclic) bond motifs is 1. The summed E-state index contributed by atoms with van der Waals surface area (Å²) >= 11 is 3.06. The smallest absolute Gasteiger partial charge is 0.299 e. The summed E-state index contributed by atoms with van der Waals surface area (Å²) in [5, 5.41) is 8.21. The van der Waals surface area contributed by atoms with Crippen LogP contribution in [0, 0.1) is 0 Å². The van der Waals surface area contributed by atoms with E-state index >= 15 is 0 Å². The van der Waals surface area contributed by atoms with Crippen LogP contribution in [0.1, 0.15) is 24.6 Å². The summed E-state index contributed by atoms with van der Waals surface area (Å²) in [5.74, 6) is 0.420. The molecule has 0 aliphatic carbocycles. The van der Waals surface area contributed by atoms with Crippen LogP contribution >= 0.6 is 22.7 Å². The minimum atomic E-state index is -0.258. The minimum absolute atomic E-state index is 0.258. The number of anilines is 2. The summed E-state index contributed by atoms with van der Waals surface area (Å²) in [7, 11) is 0. The molecule has 0 bridgehead atoms. The molecular weight excluding hydrogens is 302 g/mol. The molecule has 0 saturated heterocycles. The van der Waals surface area contributed by atoms with Gasteiger partial charge in [-0.15, -0.1) is 22.7 Å². The first-order valence-corrected chi connectivity index (χ1v) is 8.27. The Labute approximate surface area is 130 Å². The van der Waals surface area contributed by atoms with E-state index in [1.807, 2.05) is 36.5 Å². The van der Waals surface area contributed by atoms with Gasteiger partial charge >= 0.3 is 6.03 Å². The third-order valence-electron chi connectivity index (χ3n) is 2.98. The van der Waals surface area contributed by atoms with Crippen LogP contribution in [-0.4, -0.2) is 11.0 Å². The van der Waals surface area contributed by atoms with Crippen LogP contribution in [0.15, 0.2) is 36.5 Å². The molecule has 2 aromatic heterocycles. The van der Waals surface area contributed by atoms with Crippen LogP contribution < -0.4 is 10.6 Å². The minimum Gasteiger partial charge on any atom is -0.299 e. The number of thiazole rings is 1. The maximum absolute atomic E-state index is 12.0. The molecule has 1 aromatic carbocycles. The molecule has 0 aliphatic heterocycles. The molecule has 0 spiro atoms. The molecule has 3 rings (SSSR count). The molecule has 0 atom stereocenters. The van der Waals surface area contributed by atoms with Crippen LogP contribution in [0.4, 0.5) is 14.9 Å². The van der Waals surface area contributed by atoms with Gasteiger partial charge in [-0.1, -0.05) is 32.0 Å². The van der Waals surface area contributed by atoms with Gasteiger partial charge in [0.2, 0.25) is 0 Å². The van der Waals surface area contributed by atoms with E-state index in [2.05, 4.69) is 29.5 Å². The zero-order valence-corrected chi connectivity index (χ0v) is 13.3. The third-order valence-corrected chi connectivity index (χ3v) is 5.22. The lowest BCUT2D eigenvalue weighted by atomic mass is 10.2. The first-order valence-electron chi connectivity index (χ1n) is 6.64. The van der Waals surface area contributed by atoms with E-state index in [1.165, 1.54) is 11.3 Å². The summed E-state index contributed by atoms with van der Waals surface area (Å²) in [5.41, 5.74) is 0. The van der Waals surface area contributed by atoms with E-state index in [4.69, 9.17) is 0 Å². The third kappa shape index (κ3) is 3.22. The van der Waals surface area contributed by atoms with E-state index in [-0.39, 0.29) is 6.03 Å². The zero-order chi connectivity index (χ0) is 14.8. The van der Waals surface area contributed by atoms with Gasteiger partial charge in [0.25, 0.3) is 0 Å². The molecule has 2 N–H and O–H groups in total. The normalized spacial score (nSPS) is 11.0. The van der Waals surface area contributed by atoms with Crippen LogP contribution in [-0.2, 0) is 0 Å². The number of hydrogen-bond acceptors (Lipinski definition) is 4. The van der Waals surface area contributed by atoms with Gasteiger partial charge in [-0.05, 0) is 23.4 Å². The quantitative estimate of drug-likeness (QED) is 0.704. The SMILES string of the molecule is CC(C)c1cnc(NC(=O)Nc2cc3ccccc3s2)s1. The largest absolute Gasteiger partial charge is 0.326 e. The predicted octanol–water partition coefficient (Wildman–Crippen LogP) is 5.13. The highest BCUT2D eigenvalue weighted by molar-refractivity contribution is 7.23. The Morgan fingerprint density at radius 2 is 2.00 bits per heavy atom. The van der Waals surface area contributed by atoms with Gasteiger partial charge in [0.1, 0.15) is 0 Å². The Kier molecular flexibility index (Phi) is 3.90. The number of urea groups is 1. The Hall–Kier alpha value is -1.92. The van der Waals surface area contributed by atoms with Crippen LogP contribution in [0.2, 0.25) is 0 Å². The Morgan fingerprint density at radius 3 is 2.71 bits per heavy atom. The van der Waals surface area contributed by atoms with Crippen molar-refractivity contribution < 1.29 is 4.79 Å². The number of aromatic nitrogens is 1. The molecule has 108 valence electrons. The lowest BCUT2D eigenvalue weighted by Gasteiger charge is -2.02. The molecule has 6 heteroatoms. The molecule has 0 aliphatic rings. The second kappa shape index (κ2) is 5.83. The van der Waals surface area contributed by atoms with Crippen molar-refractivity contribution in [1.82, 2.24) is 4.98 Å². The number of nitrogens with zero attached hydrogens (tertiary/aromatic N) is 1. The van der Waals surface area contributed by atoms with E-state index in [0.29, 0.717) is 11.0 Å². The van der Waals surface area contributed by atoms with Gasteiger partial charge in [0.05, 0.1) is 5.00 Å². The molecule has 2 heterocycles. The maximum Gasteiger partial charge on any atom is 0.326 e. The number of carbonyl (C=O) groups is 1. The number of thiophene rings is 1. The van der Waals surface area contributed by atoms with Gasteiger partial charge in [-0.25, -0.2) is 9.78 Å². The number of hydrogen-bond donors (Lipinski definition) is 2. The van der Waals surface area contributed by atoms with Crippen LogP contribution in [0.25, 0.3) is 10.1 Å². The van der Waals surface area contributed by atoms with Gasteiger partial charge < -0.3 is 0 Å². The zero-order valence-electron chi connectivity index (χ0n) is 11.7. The van der Waals surface area contributed by atoms with E-state index in [1.54, 1.807) is 11.3 Å². The standard InChI is InChI=1S/C15H15N3OS2/c1-9(2)12-8-16-15(21-12)18-14(19)17-13-7-10-5-3-4-6-11(10)20-13/h3-9H,1-2H3,(H2,16,17,18,19). The molecule has 0 radical (unpaired) electrons. The number of nitrogens with one attached hydrogen (secondary N) is 2. The van der Waals surface area contributed by atoms with Crippen molar-refractivity contribution in [3.63, 3.8) is 0 Å². The second-order valence-corrected chi connectivity index (χ2v) is 7.10. The molecule has 4 nitrogen and oxygen atoms in total. The average molecular weight is 317 g/mol. The first kappa shape index (κ1) is 14.0. The van der Waals surface area contributed by atoms with Gasteiger partial charge in [0, 0.05) is 15.8 Å². The molecular formula is C15H15N3OS2. The topological polar surface area (TPSA) is 54.0 Å². The van der Waals surface area contributed by atoms with Crippen molar-refractivity contribution >= 4 is 48.9 Å². The molecule has 2 amide bonds. The number of benzene rings is 1. The Bertz CT molecular complexity index is 743. The van der Waals surface area contributed by atoms with Crippen molar-refractivity contribution in [2.75, 3.05) is 10.6 Å². The van der Waals surface area contributed by atoms with Crippen molar-refractivity contribution in [3.8, 4) is 0 Å². The summed E-state index contributed by atoms with van der Waals surface area (Å²) in [6, 6.07) is 9.77. The van der Waals surface area contributed by atoms with E-state index in [9.17, 15) is 4.79 Å². The number of rotatable bonds is 3. The lowest BCUT2D eigenvalue weighted by molar-refractivity contribution is 0.262. The van der Waals surface area contributed by atoms with E-state index in [0.717, 1.165) is 20.0 Å². The van der Waals surface area contributed by atoms with Crippen LogP contribution in [0.3, 0.4) is 0 Å². The molecule has 3 aromatic rings. The lowest BCUT2D eigenvalue weighted by Crippen LogP contribution is -2.18. The molecule has 21 heavy (non-hydrogen) atoms. The fourth-order valence-electron chi connectivity index (χ4n) is 1.90. The number of amides is 2. The first-order chi connectivity index (χ1) is 10.1. The second-order valence-electron chi connectivity index (χ2n) is 4.95. The van der Waals surface area contributed by atoms with Gasteiger partial charge in [0.15, 0.2) is 5.13 Å². The highest BCUT2D eigenvalue weighted by Gasteiger charge is 2.10. The van der Waals surface area contributed by atoms with Crippen molar-refractivity contribution in [2.45, 2.75) is 19.8 Å².